The van der Waals surface area contributed by atoms with Crippen molar-refractivity contribution < 1.29 is 14.4 Å². The number of hydrogen-bond acceptors (Lipinski definition) is 3. The van der Waals surface area contributed by atoms with Crippen LogP contribution >= 0.6 is 0 Å². The number of nitrogens with zero attached hydrogens (tertiary/aromatic N) is 3. The van der Waals surface area contributed by atoms with Gasteiger partial charge >= 0.3 is 6.03 Å². The van der Waals surface area contributed by atoms with Crippen LogP contribution < -0.4 is 5.32 Å². The van der Waals surface area contributed by atoms with Crippen LogP contribution in [0.2, 0.25) is 0 Å². The van der Waals surface area contributed by atoms with Crippen molar-refractivity contribution in [2.24, 2.45) is 0 Å². The van der Waals surface area contributed by atoms with E-state index in [0.29, 0.717) is 24.2 Å². The molecule has 0 aromatic heterocycles. The second kappa shape index (κ2) is 10.4. The second-order valence-electron chi connectivity index (χ2n) is 10.4. The lowest BCUT2D eigenvalue weighted by molar-refractivity contribution is -0.143. The molecule has 2 aromatic rings. The molecule has 0 bridgehead atoms. The third-order valence-corrected chi connectivity index (χ3v) is 7.90. The molecule has 0 radical (unpaired) electrons. The monoisotopic (exact) mass is 500 g/mol. The maximum atomic E-state index is 14.2. The molecular weight excluding hydrogens is 464 g/mol. The number of likely N-dealkylation sites (tertiary alicyclic amines) is 1. The van der Waals surface area contributed by atoms with Crippen molar-refractivity contribution in [1.29, 1.82) is 0 Å². The zero-order valence-corrected chi connectivity index (χ0v) is 22.0. The highest BCUT2D eigenvalue weighted by molar-refractivity contribution is 6.03. The van der Waals surface area contributed by atoms with E-state index in [2.05, 4.69) is 11.4 Å². The van der Waals surface area contributed by atoms with Gasteiger partial charge in [0.1, 0.15) is 6.04 Å². The smallest absolute Gasteiger partial charge is 0.322 e. The molecular formula is C30H36N4O3. The van der Waals surface area contributed by atoms with Crippen LogP contribution in [-0.4, -0.2) is 64.8 Å². The van der Waals surface area contributed by atoms with E-state index in [0.717, 1.165) is 54.6 Å². The molecule has 5 rings (SSSR count). The Morgan fingerprint density at radius 1 is 1.03 bits per heavy atom. The van der Waals surface area contributed by atoms with Crippen LogP contribution in [0.5, 0.6) is 0 Å². The maximum Gasteiger partial charge on any atom is 0.322 e. The minimum absolute atomic E-state index is 0.00199. The lowest BCUT2D eigenvalue weighted by Gasteiger charge is -2.35. The van der Waals surface area contributed by atoms with Crippen molar-refractivity contribution in [3.8, 4) is 0 Å². The highest BCUT2D eigenvalue weighted by atomic mass is 16.2. The fraction of sp³-hybridized carbons (Fsp3) is 0.433. The summed E-state index contributed by atoms with van der Waals surface area (Å²) in [5.41, 5.74) is 5.38. The molecule has 0 saturated carbocycles. The van der Waals surface area contributed by atoms with Gasteiger partial charge in [0, 0.05) is 26.1 Å². The van der Waals surface area contributed by atoms with E-state index in [1.165, 1.54) is 0 Å². The molecule has 3 aliphatic heterocycles. The van der Waals surface area contributed by atoms with E-state index in [4.69, 9.17) is 0 Å². The van der Waals surface area contributed by atoms with Gasteiger partial charge in [-0.05, 0) is 56.7 Å². The molecule has 3 heterocycles. The van der Waals surface area contributed by atoms with Gasteiger partial charge in [0.05, 0.1) is 23.9 Å². The summed E-state index contributed by atoms with van der Waals surface area (Å²) < 4.78 is 0. The molecule has 0 aliphatic carbocycles. The van der Waals surface area contributed by atoms with Crippen molar-refractivity contribution in [2.75, 3.05) is 26.2 Å². The van der Waals surface area contributed by atoms with E-state index in [1.807, 2.05) is 68.1 Å². The summed E-state index contributed by atoms with van der Waals surface area (Å²) >= 11 is 0. The summed E-state index contributed by atoms with van der Waals surface area (Å²) in [6.07, 6.45) is 3.55. The number of benzene rings is 2. The van der Waals surface area contributed by atoms with Crippen LogP contribution in [0, 0.1) is 13.8 Å². The van der Waals surface area contributed by atoms with Gasteiger partial charge in [-0.3, -0.25) is 14.5 Å². The fourth-order valence-electron chi connectivity index (χ4n) is 5.98. The number of carbonyl (C=O) groups is 3. The maximum absolute atomic E-state index is 14.2. The molecule has 7 nitrogen and oxygen atoms in total. The van der Waals surface area contributed by atoms with E-state index < -0.39 is 12.1 Å². The van der Waals surface area contributed by atoms with Crippen LogP contribution in [0.3, 0.4) is 0 Å². The Kier molecular flexibility index (Phi) is 7.04. The molecule has 37 heavy (non-hydrogen) atoms. The molecule has 1 saturated heterocycles. The van der Waals surface area contributed by atoms with Crippen molar-refractivity contribution in [1.82, 2.24) is 20.0 Å². The quantitative estimate of drug-likeness (QED) is 0.649. The van der Waals surface area contributed by atoms with Crippen molar-refractivity contribution in [3.05, 3.63) is 82.1 Å². The third-order valence-electron chi connectivity index (χ3n) is 7.90. The molecule has 3 aliphatic rings. The first-order valence-electron chi connectivity index (χ1n) is 13.4. The normalized spacial score (nSPS) is 20.7. The number of rotatable bonds is 6. The van der Waals surface area contributed by atoms with E-state index in [-0.39, 0.29) is 24.4 Å². The molecule has 1 N–H and O–H groups in total. The number of amides is 4. The lowest BCUT2D eigenvalue weighted by atomic mass is 9.91. The molecule has 194 valence electrons. The fourth-order valence-corrected chi connectivity index (χ4v) is 5.98. The third kappa shape index (κ3) is 4.75. The summed E-state index contributed by atoms with van der Waals surface area (Å²) in [5, 5.41) is 3.08. The Bertz CT molecular complexity index is 1230. The summed E-state index contributed by atoms with van der Waals surface area (Å²) in [4.78, 5) is 46.6. The van der Waals surface area contributed by atoms with E-state index in [9.17, 15) is 14.4 Å². The Morgan fingerprint density at radius 3 is 2.43 bits per heavy atom. The number of likely N-dealkylation sites (N-methyl/N-ethyl adjacent to an activating group) is 1. The van der Waals surface area contributed by atoms with Gasteiger partial charge in [-0.2, -0.15) is 0 Å². The van der Waals surface area contributed by atoms with Gasteiger partial charge in [0.2, 0.25) is 5.91 Å². The standard InChI is InChI=1S/C30H36N4O3/c1-4-33-25-19-34(24(18-22-11-7-5-8-12-22)28(35)32-15-9-6-10-16-32)29(36)26(25)27(31-30(33)37)23-14-13-20(2)17-21(23)3/h5,7-8,11-14,17,24,27H,4,6,9-10,15-16,18-19H2,1-3H3,(H,31,37)/t24-,27+/m0/s1. The summed E-state index contributed by atoms with van der Waals surface area (Å²) in [6.45, 7) is 8.12. The average molecular weight is 501 g/mol. The Morgan fingerprint density at radius 2 is 1.76 bits per heavy atom. The minimum Gasteiger partial charge on any atom is -0.341 e. The molecule has 1 fully saturated rings. The van der Waals surface area contributed by atoms with Crippen molar-refractivity contribution >= 4 is 17.8 Å². The topological polar surface area (TPSA) is 73.0 Å². The van der Waals surface area contributed by atoms with Crippen LogP contribution in [0.4, 0.5) is 4.79 Å². The molecule has 4 amide bonds. The van der Waals surface area contributed by atoms with Crippen molar-refractivity contribution in [2.45, 2.75) is 58.5 Å². The molecule has 7 heteroatoms. The van der Waals surface area contributed by atoms with Gasteiger partial charge in [-0.1, -0.05) is 54.1 Å². The lowest BCUT2D eigenvalue weighted by Crippen LogP contribution is -2.52. The second-order valence-corrected chi connectivity index (χ2v) is 10.4. The highest BCUT2D eigenvalue weighted by Gasteiger charge is 2.47. The first-order chi connectivity index (χ1) is 17.9. The number of aryl methyl sites for hydroxylation is 2. The van der Waals surface area contributed by atoms with Crippen LogP contribution in [0.15, 0.2) is 59.8 Å². The largest absolute Gasteiger partial charge is 0.341 e. The van der Waals surface area contributed by atoms with Gasteiger partial charge in [0.15, 0.2) is 0 Å². The van der Waals surface area contributed by atoms with Gasteiger partial charge in [0.25, 0.3) is 5.91 Å². The number of urea groups is 1. The predicted octanol–water partition coefficient (Wildman–Crippen LogP) is 4.11. The Hall–Kier alpha value is -3.61. The molecule has 0 spiro atoms. The number of hydrogen-bond donors (Lipinski definition) is 1. The molecule has 2 aromatic carbocycles. The Balaban J connectivity index is 1.53. The van der Waals surface area contributed by atoms with Gasteiger partial charge < -0.3 is 15.1 Å². The SMILES string of the molecule is CCN1C(=O)N[C@H](c2ccc(C)cc2C)C2=C1CN([C@@H](Cc1ccccc1)C(=O)N1CCCCC1)C2=O. The summed E-state index contributed by atoms with van der Waals surface area (Å²) in [7, 11) is 0. The Labute approximate surface area is 219 Å². The van der Waals surface area contributed by atoms with Crippen LogP contribution in [0.1, 0.15) is 54.5 Å². The van der Waals surface area contributed by atoms with Crippen molar-refractivity contribution in [3.63, 3.8) is 0 Å². The van der Waals surface area contributed by atoms with Crippen LogP contribution in [-0.2, 0) is 16.0 Å². The summed E-state index contributed by atoms with van der Waals surface area (Å²) in [6, 6.07) is 14.6. The average Bonchev–Trinajstić information content (AvgIpc) is 3.24. The summed E-state index contributed by atoms with van der Waals surface area (Å²) in [5.74, 6) is -0.160. The highest BCUT2D eigenvalue weighted by Crippen LogP contribution is 2.38. The first-order valence-corrected chi connectivity index (χ1v) is 13.4. The van der Waals surface area contributed by atoms with Crippen LogP contribution in [0.25, 0.3) is 0 Å². The predicted molar refractivity (Wildman–Crippen MR) is 143 cm³/mol. The first kappa shape index (κ1) is 25.1. The molecule has 2 atom stereocenters. The van der Waals surface area contributed by atoms with E-state index in [1.54, 1.807) is 9.80 Å². The van der Waals surface area contributed by atoms with E-state index >= 15 is 0 Å². The van der Waals surface area contributed by atoms with Gasteiger partial charge in [-0.15, -0.1) is 0 Å². The number of nitrogens with one attached hydrogen (secondary N) is 1. The van der Waals surface area contributed by atoms with Gasteiger partial charge in [-0.25, -0.2) is 4.79 Å². The zero-order chi connectivity index (χ0) is 26.1. The zero-order valence-electron chi connectivity index (χ0n) is 22.0. The minimum atomic E-state index is -0.618. The number of carbonyl (C=O) groups excluding carboxylic acids is 3. The number of piperidine rings is 1. The molecule has 0 unspecified atom stereocenters.